The van der Waals surface area contributed by atoms with Crippen LogP contribution in [0.25, 0.3) is 38.2 Å². The molecular weight excluding hydrogens is 428 g/mol. The Hall–Kier alpha value is -3.96. The van der Waals surface area contributed by atoms with Crippen LogP contribution in [0.15, 0.2) is 85.1 Å². The SMILES string of the molecule is CCC(=C(c1ccc(C=CC(=O)O)cc1)c1ccc2[nH]ncc2c1)c1cc2ccccc2s1. The summed E-state index contributed by atoms with van der Waals surface area (Å²) in [5, 5.41) is 18.5. The van der Waals surface area contributed by atoms with Gasteiger partial charge in [-0.1, -0.05) is 55.5 Å². The first kappa shape index (κ1) is 20.9. The minimum atomic E-state index is -0.953. The van der Waals surface area contributed by atoms with Gasteiger partial charge in [0.2, 0.25) is 0 Å². The maximum absolute atomic E-state index is 10.9. The van der Waals surface area contributed by atoms with Crippen molar-refractivity contribution < 1.29 is 9.90 Å². The van der Waals surface area contributed by atoms with Gasteiger partial charge in [0, 0.05) is 21.0 Å². The van der Waals surface area contributed by atoms with Gasteiger partial charge in [0.25, 0.3) is 0 Å². The number of fused-ring (bicyclic) bond motifs is 2. The second-order valence-corrected chi connectivity index (χ2v) is 8.90. The molecule has 0 saturated heterocycles. The van der Waals surface area contributed by atoms with E-state index in [-0.39, 0.29) is 0 Å². The van der Waals surface area contributed by atoms with Crippen LogP contribution >= 0.6 is 11.3 Å². The summed E-state index contributed by atoms with van der Waals surface area (Å²) < 4.78 is 1.28. The van der Waals surface area contributed by atoms with E-state index in [1.165, 1.54) is 26.1 Å². The van der Waals surface area contributed by atoms with E-state index in [0.717, 1.165) is 40.1 Å². The highest BCUT2D eigenvalue weighted by Gasteiger charge is 2.16. The molecule has 0 radical (unpaired) electrons. The number of aromatic nitrogens is 2. The van der Waals surface area contributed by atoms with Crippen molar-refractivity contribution in [3.05, 3.63) is 107 Å². The van der Waals surface area contributed by atoms with Crippen molar-refractivity contribution in [3.8, 4) is 0 Å². The molecule has 3 aromatic carbocycles. The predicted molar refractivity (Wildman–Crippen MR) is 137 cm³/mol. The zero-order valence-electron chi connectivity index (χ0n) is 18.1. The number of nitrogens with zero attached hydrogens (tertiary/aromatic N) is 1. The molecule has 0 atom stereocenters. The standard InChI is InChI=1S/C28H22N2O2S/c1-2-23(26-16-20-5-3-4-6-25(20)33-26)28(21-12-13-24-22(15-21)17-29-30-24)19-10-7-18(8-11-19)9-14-27(31)32/h3-17H,2H2,1H3,(H,29,30)(H,31,32). The minimum Gasteiger partial charge on any atom is -0.478 e. The Balaban J connectivity index is 1.71. The first-order valence-electron chi connectivity index (χ1n) is 10.8. The van der Waals surface area contributed by atoms with Gasteiger partial charge in [0.15, 0.2) is 0 Å². The Morgan fingerprint density at radius 3 is 2.55 bits per heavy atom. The molecule has 5 heteroatoms. The number of hydrogen-bond acceptors (Lipinski definition) is 3. The van der Waals surface area contributed by atoms with Crippen LogP contribution in [-0.2, 0) is 4.79 Å². The molecule has 0 aliphatic carbocycles. The zero-order valence-corrected chi connectivity index (χ0v) is 18.9. The van der Waals surface area contributed by atoms with E-state index in [9.17, 15) is 4.79 Å². The number of thiophene rings is 1. The van der Waals surface area contributed by atoms with E-state index in [2.05, 4.69) is 77.8 Å². The van der Waals surface area contributed by atoms with Crippen LogP contribution < -0.4 is 0 Å². The third-order valence-electron chi connectivity index (χ3n) is 5.72. The maximum atomic E-state index is 10.9. The van der Waals surface area contributed by atoms with E-state index in [4.69, 9.17) is 5.11 Å². The second-order valence-electron chi connectivity index (χ2n) is 7.82. The molecule has 0 amide bonds. The van der Waals surface area contributed by atoms with Crippen LogP contribution in [0.4, 0.5) is 0 Å². The van der Waals surface area contributed by atoms with Gasteiger partial charge in [-0.2, -0.15) is 5.10 Å². The first-order chi connectivity index (χ1) is 16.1. The van der Waals surface area contributed by atoms with Crippen LogP contribution in [0.1, 0.15) is 34.9 Å². The van der Waals surface area contributed by atoms with Crippen LogP contribution in [0.3, 0.4) is 0 Å². The molecule has 0 saturated carbocycles. The molecule has 0 fully saturated rings. The Morgan fingerprint density at radius 1 is 1.00 bits per heavy atom. The third kappa shape index (κ3) is 4.23. The highest BCUT2D eigenvalue weighted by atomic mass is 32.1. The lowest BCUT2D eigenvalue weighted by Gasteiger charge is -2.15. The number of carboxylic acid groups (broad SMARTS) is 1. The Morgan fingerprint density at radius 2 is 1.79 bits per heavy atom. The molecule has 5 aromatic rings. The van der Waals surface area contributed by atoms with E-state index in [1.807, 2.05) is 29.7 Å². The average Bonchev–Trinajstić information content (AvgIpc) is 3.47. The largest absolute Gasteiger partial charge is 0.478 e. The molecule has 0 aliphatic heterocycles. The van der Waals surface area contributed by atoms with E-state index in [0.29, 0.717) is 0 Å². The molecule has 0 bridgehead atoms. The summed E-state index contributed by atoms with van der Waals surface area (Å²) in [5.74, 6) is -0.953. The van der Waals surface area contributed by atoms with Crippen LogP contribution in [0, 0.1) is 0 Å². The topological polar surface area (TPSA) is 66.0 Å². The van der Waals surface area contributed by atoms with Crippen molar-refractivity contribution >= 4 is 55.5 Å². The predicted octanol–water partition coefficient (Wildman–Crippen LogP) is 7.24. The van der Waals surface area contributed by atoms with Crippen molar-refractivity contribution in [1.82, 2.24) is 10.2 Å². The van der Waals surface area contributed by atoms with Gasteiger partial charge >= 0.3 is 5.97 Å². The lowest BCUT2D eigenvalue weighted by molar-refractivity contribution is -0.131. The number of nitrogens with one attached hydrogen (secondary N) is 1. The van der Waals surface area contributed by atoms with Crippen molar-refractivity contribution in [3.63, 3.8) is 0 Å². The smallest absolute Gasteiger partial charge is 0.328 e. The van der Waals surface area contributed by atoms with E-state index in [1.54, 1.807) is 6.08 Å². The molecule has 0 spiro atoms. The molecule has 162 valence electrons. The zero-order chi connectivity index (χ0) is 22.8. The Kier molecular flexibility index (Phi) is 5.63. The number of carbonyl (C=O) groups is 1. The van der Waals surface area contributed by atoms with Gasteiger partial charge in [-0.05, 0) is 70.0 Å². The average molecular weight is 451 g/mol. The number of aromatic amines is 1. The van der Waals surface area contributed by atoms with E-state index < -0.39 is 5.97 Å². The molecular formula is C28H22N2O2S. The summed E-state index contributed by atoms with van der Waals surface area (Å²) in [6.45, 7) is 2.19. The number of rotatable bonds is 6. The van der Waals surface area contributed by atoms with Crippen LogP contribution in [0.5, 0.6) is 0 Å². The fourth-order valence-electron chi connectivity index (χ4n) is 4.15. The third-order valence-corrected chi connectivity index (χ3v) is 6.90. The number of hydrogen-bond donors (Lipinski definition) is 2. The van der Waals surface area contributed by atoms with Crippen LogP contribution in [-0.4, -0.2) is 21.3 Å². The van der Waals surface area contributed by atoms with Crippen molar-refractivity contribution in [2.75, 3.05) is 0 Å². The van der Waals surface area contributed by atoms with Gasteiger partial charge in [0.1, 0.15) is 0 Å². The number of allylic oxidation sites excluding steroid dienone is 1. The molecule has 0 aliphatic rings. The van der Waals surface area contributed by atoms with Crippen molar-refractivity contribution in [1.29, 1.82) is 0 Å². The van der Waals surface area contributed by atoms with Gasteiger partial charge < -0.3 is 5.11 Å². The molecule has 33 heavy (non-hydrogen) atoms. The lowest BCUT2D eigenvalue weighted by Crippen LogP contribution is -1.94. The summed E-state index contributed by atoms with van der Waals surface area (Å²) in [7, 11) is 0. The van der Waals surface area contributed by atoms with E-state index >= 15 is 0 Å². The van der Waals surface area contributed by atoms with Gasteiger partial charge in [-0.15, -0.1) is 11.3 Å². The quantitative estimate of drug-likeness (QED) is 0.268. The summed E-state index contributed by atoms with van der Waals surface area (Å²) in [6, 6.07) is 25.2. The van der Waals surface area contributed by atoms with Crippen molar-refractivity contribution in [2.24, 2.45) is 0 Å². The number of benzene rings is 3. The minimum absolute atomic E-state index is 0.852. The summed E-state index contributed by atoms with van der Waals surface area (Å²) in [6.07, 6.45) is 5.50. The molecule has 5 rings (SSSR count). The lowest BCUT2D eigenvalue weighted by atomic mass is 9.90. The summed E-state index contributed by atoms with van der Waals surface area (Å²) in [4.78, 5) is 12.1. The maximum Gasteiger partial charge on any atom is 0.328 e. The highest BCUT2D eigenvalue weighted by molar-refractivity contribution is 7.20. The second kappa shape index (κ2) is 8.88. The van der Waals surface area contributed by atoms with Crippen LogP contribution in [0.2, 0.25) is 0 Å². The number of carboxylic acids is 1. The molecule has 0 unspecified atom stereocenters. The summed E-state index contributed by atoms with van der Waals surface area (Å²) >= 11 is 1.81. The molecule has 2 heterocycles. The summed E-state index contributed by atoms with van der Waals surface area (Å²) in [5.41, 5.74) is 6.55. The van der Waals surface area contributed by atoms with Crippen molar-refractivity contribution in [2.45, 2.75) is 13.3 Å². The molecule has 4 nitrogen and oxygen atoms in total. The molecule has 2 N–H and O–H groups in total. The fraction of sp³-hybridized carbons (Fsp3) is 0.0714. The monoisotopic (exact) mass is 450 g/mol. The highest BCUT2D eigenvalue weighted by Crippen LogP contribution is 2.39. The normalized spacial score (nSPS) is 12.5. The molecule has 2 aromatic heterocycles. The fourth-order valence-corrected chi connectivity index (χ4v) is 5.33. The van der Waals surface area contributed by atoms with Gasteiger partial charge in [-0.25, -0.2) is 4.79 Å². The van der Waals surface area contributed by atoms with Gasteiger partial charge in [-0.3, -0.25) is 5.10 Å². The first-order valence-corrected chi connectivity index (χ1v) is 11.6. The Bertz CT molecular complexity index is 1490. The number of aliphatic carboxylic acids is 1. The number of H-pyrrole nitrogens is 1. The van der Waals surface area contributed by atoms with Gasteiger partial charge in [0.05, 0.1) is 11.7 Å². The Labute approximate surface area is 195 Å².